The van der Waals surface area contributed by atoms with Crippen molar-refractivity contribution in [3.63, 3.8) is 0 Å². The first-order valence-corrected chi connectivity index (χ1v) is 16.7. The summed E-state index contributed by atoms with van der Waals surface area (Å²) in [4.78, 5) is 0. The third-order valence-corrected chi connectivity index (χ3v) is 10.8. The predicted octanol–water partition coefficient (Wildman–Crippen LogP) is 12.5. The summed E-state index contributed by atoms with van der Waals surface area (Å²) in [5, 5.41) is 10.3. The van der Waals surface area contributed by atoms with Gasteiger partial charge in [0.15, 0.2) is 0 Å². The summed E-state index contributed by atoms with van der Waals surface area (Å²) in [7, 11) is 0. The second-order valence-corrected chi connectivity index (χ2v) is 14.2. The predicted molar refractivity (Wildman–Crippen MR) is 196 cm³/mol. The molecule has 2 heteroatoms. The largest absolute Gasteiger partial charge is 0.456 e. The lowest BCUT2D eigenvalue weighted by Gasteiger charge is -2.22. The van der Waals surface area contributed by atoms with Gasteiger partial charge in [-0.3, -0.25) is 0 Å². The van der Waals surface area contributed by atoms with Crippen molar-refractivity contribution in [1.82, 2.24) is 4.40 Å². The molecular weight excluding hydrogens is 558 g/mol. The van der Waals surface area contributed by atoms with E-state index in [2.05, 4.69) is 135 Å². The lowest BCUT2D eigenvalue weighted by Crippen LogP contribution is -2.12. The minimum atomic E-state index is 0.494. The van der Waals surface area contributed by atoms with Crippen molar-refractivity contribution in [2.24, 2.45) is 11.8 Å². The highest BCUT2D eigenvalue weighted by atomic mass is 16.3. The standard InChI is InChI=1S/C44H35NO/c1-24(2)26-9-11-29-22-40-35(18-31(29)15-26)38-20-33(28-13-14-43-37(17-28)34-7-5-6-8-42(34)46-43)21-39-36-19-32-16-27(25(3)4)10-12-30(32)23-41(36)45(40)44(38)39/h5-15,17-25,27H,16H2,1-4H3. The Labute approximate surface area is 267 Å². The van der Waals surface area contributed by atoms with E-state index in [9.17, 15) is 0 Å². The summed E-state index contributed by atoms with van der Waals surface area (Å²) in [6.45, 7) is 9.23. The molecule has 0 saturated carbocycles. The van der Waals surface area contributed by atoms with Crippen molar-refractivity contribution in [2.75, 3.05) is 0 Å². The average molecular weight is 594 g/mol. The lowest BCUT2D eigenvalue weighted by atomic mass is 9.82. The molecule has 1 unspecified atom stereocenters. The fraction of sp³-hybridized carbons (Fsp3) is 0.182. The minimum Gasteiger partial charge on any atom is -0.456 e. The van der Waals surface area contributed by atoms with Crippen LogP contribution < -0.4 is 0 Å². The fourth-order valence-electron chi connectivity index (χ4n) is 8.18. The van der Waals surface area contributed by atoms with E-state index >= 15 is 0 Å². The molecule has 1 aliphatic rings. The van der Waals surface area contributed by atoms with E-state index < -0.39 is 0 Å². The molecule has 6 aromatic carbocycles. The van der Waals surface area contributed by atoms with Gasteiger partial charge < -0.3 is 8.82 Å². The maximum Gasteiger partial charge on any atom is 0.135 e. The number of para-hydroxylation sites is 1. The molecule has 46 heavy (non-hydrogen) atoms. The molecule has 1 atom stereocenters. The zero-order valence-electron chi connectivity index (χ0n) is 26.7. The van der Waals surface area contributed by atoms with E-state index in [1.807, 2.05) is 6.07 Å². The number of rotatable bonds is 3. The minimum absolute atomic E-state index is 0.494. The van der Waals surface area contributed by atoms with Gasteiger partial charge in [-0.1, -0.05) is 82.3 Å². The highest BCUT2D eigenvalue weighted by Gasteiger charge is 2.23. The van der Waals surface area contributed by atoms with Gasteiger partial charge in [-0.25, -0.2) is 0 Å². The molecule has 222 valence electrons. The van der Waals surface area contributed by atoms with Crippen molar-refractivity contribution in [2.45, 2.75) is 40.0 Å². The van der Waals surface area contributed by atoms with Gasteiger partial charge in [-0.2, -0.15) is 0 Å². The smallest absolute Gasteiger partial charge is 0.135 e. The molecule has 3 heterocycles. The van der Waals surface area contributed by atoms with Crippen LogP contribution in [0.5, 0.6) is 0 Å². The van der Waals surface area contributed by atoms with Crippen LogP contribution in [0.4, 0.5) is 0 Å². The van der Waals surface area contributed by atoms with Crippen molar-refractivity contribution in [1.29, 1.82) is 0 Å². The van der Waals surface area contributed by atoms with Gasteiger partial charge in [0.1, 0.15) is 11.2 Å². The van der Waals surface area contributed by atoms with E-state index in [1.165, 1.54) is 87.5 Å². The van der Waals surface area contributed by atoms with Gasteiger partial charge >= 0.3 is 0 Å². The molecule has 3 aromatic heterocycles. The van der Waals surface area contributed by atoms with Crippen molar-refractivity contribution < 1.29 is 4.42 Å². The molecule has 1 aliphatic carbocycles. The maximum absolute atomic E-state index is 6.20. The number of fused-ring (bicyclic) bond motifs is 11. The van der Waals surface area contributed by atoms with E-state index in [-0.39, 0.29) is 0 Å². The topological polar surface area (TPSA) is 17.6 Å². The maximum atomic E-state index is 6.20. The Hall–Kier alpha value is -5.08. The van der Waals surface area contributed by atoms with Crippen molar-refractivity contribution >= 4 is 76.9 Å². The van der Waals surface area contributed by atoms with Crippen LogP contribution in [0.3, 0.4) is 0 Å². The molecule has 0 bridgehead atoms. The molecule has 0 aliphatic heterocycles. The first-order valence-electron chi connectivity index (χ1n) is 16.7. The van der Waals surface area contributed by atoms with Crippen LogP contribution in [0.15, 0.2) is 108 Å². The zero-order valence-corrected chi connectivity index (χ0v) is 26.7. The van der Waals surface area contributed by atoms with Gasteiger partial charge in [0.2, 0.25) is 0 Å². The Morgan fingerprint density at radius 3 is 2.22 bits per heavy atom. The first-order chi connectivity index (χ1) is 22.4. The van der Waals surface area contributed by atoms with Crippen LogP contribution in [0, 0.1) is 11.8 Å². The highest BCUT2D eigenvalue weighted by Crippen LogP contribution is 2.45. The van der Waals surface area contributed by atoms with Crippen LogP contribution in [-0.4, -0.2) is 4.40 Å². The Balaban J connectivity index is 1.31. The van der Waals surface area contributed by atoms with Gasteiger partial charge in [0, 0.05) is 32.3 Å². The van der Waals surface area contributed by atoms with Crippen molar-refractivity contribution in [3.05, 3.63) is 120 Å². The Morgan fingerprint density at radius 2 is 1.39 bits per heavy atom. The normalized spacial score (nSPS) is 15.4. The molecular formula is C44H35NO. The summed E-state index contributed by atoms with van der Waals surface area (Å²) in [5.41, 5.74) is 12.5. The van der Waals surface area contributed by atoms with Crippen LogP contribution in [0.1, 0.15) is 50.3 Å². The van der Waals surface area contributed by atoms with Gasteiger partial charge in [-0.05, 0) is 117 Å². The number of aromatic nitrogens is 1. The summed E-state index contributed by atoms with van der Waals surface area (Å²) in [6, 6.07) is 36.7. The SMILES string of the molecule is CC(C)c1ccc2cc3c(cc2c1)c1cc(-c2ccc4oc5ccccc5c4c2)cc2c4cc5c(cc4n3c21)C=CC(C(C)C)C5. The van der Waals surface area contributed by atoms with E-state index in [4.69, 9.17) is 4.42 Å². The zero-order chi connectivity index (χ0) is 30.8. The summed E-state index contributed by atoms with van der Waals surface area (Å²) >= 11 is 0. The van der Waals surface area contributed by atoms with Gasteiger partial charge in [0.25, 0.3) is 0 Å². The lowest BCUT2D eigenvalue weighted by molar-refractivity contribution is 0.461. The Morgan fingerprint density at radius 1 is 0.630 bits per heavy atom. The second kappa shape index (κ2) is 9.23. The van der Waals surface area contributed by atoms with E-state index in [0.29, 0.717) is 17.8 Å². The quantitative estimate of drug-likeness (QED) is 0.199. The van der Waals surface area contributed by atoms with Crippen LogP contribution >= 0.6 is 0 Å². The molecule has 0 radical (unpaired) electrons. The summed E-state index contributed by atoms with van der Waals surface area (Å²) in [5.74, 6) is 1.70. The van der Waals surface area contributed by atoms with Crippen LogP contribution in [-0.2, 0) is 6.42 Å². The number of nitrogens with zero attached hydrogens (tertiary/aromatic N) is 1. The van der Waals surface area contributed by atoms with E-state index in [1.54, 1.807) is 0 Å². The van der Waals surface area contributed by atoms with Crippen LogP contribution in [0.2, 0.25) is 0 Å². The Bertz CT molecular complexity index is 2730. The fourth-order valence-corrected chi connectivity index (χ4v) is 8.18. The molecule has 2 nitrogen and oxygen atoms in total. The molecule has 0 N–H and O–H groups in total. The van der Waals surface area contributed by atoms with Crippen molar-refractivity contribution in [3.8, 4) is 11.1 Å². The highest BCUT2D eigenvalue weighted by molar-refractivity contribution is 6.26. The first kappa shape index (κ1) is 26.2. The van der Waals surface area contributed by atoms with Gasteiger partial charge in [-0.15, -0.1) is 0 Å². The molecule has 0 amide bonds. The molecule has 0 spiro atoms. The van der Waals surface area contributed by atoms with Crippen LogP contribution in [0.25, 0.3) is 88.0 Å². The number of benzene rings is 6. The third kappa shape index (κ3) is 3.59. The molecule has 9 aromatic rings. The molecule has 10 rings (SSSR count). The number of allylic oxidation sites excluding steroid dienone is 1. The average Bonchev–Trinajstić information content (AvgIpc) is 3.71. The molecule has 0 saturated heterocycles. The number of hydrogen-bond acceptors (Lipinski definition) is 1. The number of hydrogen-bond donors (Lipinski definition) is 0. The monoisotopic (exact) mass is 593 g/mol. The van der Waals surface area contributed by atoms with Gasteiger partial charge in [0.05, 0.1) is 16.6 Å². The molecule has 0 fully saturated rings. The second-order valence-electron chi connectivity index (χ2n) is 14.2. The summed E-state index contributed by atoms with van der Waals surface area (Å²) in [6.07, 6.45) is 5.90. The number of furan rings is 1. The Kier molecular flexibility index (Phi) is 5.25. The van der Waals surface area contributed by atoms with E-state index in [0.717, 1.165) is 17.6 Å². The summed E-state index contributed by atoms with van der Waals surface area (Å²) < 4.78 is 8.74. The third-order valence-electron chi connectivity index (χ3n) is 10.8.